The Balaban J connectivity index is 1.22. The Labute approximate surface area is 298 Å². The molecule has 0 heterocycles. The van der Waals surface area contributed by atoms with Gasteiger partial charge in [-0.05, 0) is 122 Å². The Morgan fingerprint density at radius 3 is 1.31 bits per heavy atom. The van der Waals surface area contributed by atoms with Crippen LogP contribution in [-0.4, -0.2) is 0 Å². The van der Waals surface area contributed by atoms with E-state index in [2.05, 4.69) is 178 Å². The van der Waals surface area contributed by atoms with Crippen LogP contribution in [0.4, 0.5) is 0 Å². The van der Waals surface area contributed by atoms with Crippen LogP contribution in [0.15, 0.2) is 164 Å². The summed E-state index contributed by atoms with van der Waals surface area (Å²) in [6.45, 7) is 4.56. The fraction of sp³-hybridized carbons (Fsp3) is 0.0588. The number of fused-ring (bicyclic) bond motifs is 7. The van der Waals surface area contributed by atoms with Crippen molar-refractivity contribution >= 4 is 32.3 Å². The van der Waals surface area contributed by atoms with Gasteiger partial charge >= 0.3 is 0 Å². The van der Waals surface area contributed by atoms with Gasteiger partial charge in [-0.1, -0.05) is 178 Å². The molecular weight excluding hydrogens is 613 g/mol. The summed E-state index contributed by atoms with van der Waals surface area (Å²) < 4.78 is 0. The first-order valence-electron chi connectivity index (χ1n) is 18.1. The molecule has 2 aliphatic carbocycles. The Morgan fingerprint density at radius 2 is 0.725 bits per heavy atom. The predicted octanol–water partition coefficient (Wildman–Crippen LogP) is 14.6. The molecule has 0 radical (unpaired) electrons. The molecule has 9 aromatic carbocycles. The highest BCUT2D eigenvalue weighted by Crippen LogP contribution is 2.59. The van der Waals surface area contributed by atoms with Gasteiger partial charge in [-0.15, -0.1) is 0 Å². The zero-order valence-corrected chi connectivity index (χ0v) is 28.7. The van der Waals surface area contributed by atoms with Gasteiger partial charge in [-0.3, -0.25) is 0 Å². The smallest absolute Gasteiger partial charge is 0.000741 e. The van der Waals surface area contributed by atoms with E-state index in [1.165, 1.54) is 116 Å². The number of rotatable bonds is 4. The second kappa shape index (κ2) is 10.6. The first kappa shape index (κ1) is 28.6. The molecule has 0 saturated heterocycles. The van der Waals surface area contributed by atoms with Gasteiger partial charge in [0.25, 0.3) is 0 Å². The van der Waals surface area contributed by atoms with Crippen LogP contribution >= 0.6 is 0 Å². The van der Waals surface area contributed by atoms with Crippen molar-refractivity contribution in [2.75, 3.05) is 0 Å². The summed E-state index contributed by atoms with van der Waals surface area (Å²) in [4.78, 5) is 0. The van der Waals surface area contributed by atoms with E-state index < -0.39 is 0 Å². The van der Waals surface area contributed by atoms with Crippen molar-refractivity contribution in [2.45, 2.75) is 19.8 Å². The second-order valence-electron chi connectivity index (χ2n) is 14.5. The van der Waals surface area contributed by atoms with Gasteiger partial charge in [0.15, 0.2) is 0 Å². The molecular formula is C51H34. The van der Waals surface area contributed by atoms with Crippen LogP contribution in [0.5, 0.6) is 0 Å². The highest BCUT2D eigenvalue weighted by Gasteiger charge is 2.32. The quantitative estimate of drug-likeness (QED) is 0.178. The molecule has 238 valence electrons. The summed E-state index contributed by atoms with van der Waals surface area (Å²) in [7, 11) is 0. The molecule has 0 aliphatic heterocycles. The van der Waals surface area contributed by atoms with Gasteiger partial charge in [-0.2, -0.15) is 0 Å². The largest absolute Gasteiger partial charge is 0.0622 e. The molecule has 0 unspecified atom stereocenters. The maximum atomic E-state index is 2.42. The van der Waals surface area contributed by atoms with E-state index in [4.69, 9.17) is 0 Å². The molecule has 0 aromatic heterocycles. The minimum absolute atomic E-state index is 0.494. The molecule has 11 rings (SSSR count). The van der Waals surface area contributed by atoms with Crippen molar-refractivity contribution < 1.29 is 0 Å². The molecule has 0 fully saturated rings. The third-order valence-electron chi connectivity index (χ3n) is 11.5. The standard InChI is InChI=1S/C51H34/c1-30(2)33-23-24-36-39-20-11-19-37-34(25-27-42(48(37)39)45(36)29-33)35-26-28-44-49-38(35)21-12-22-43(49)50-46(31-13-5-3-6-14-31)40-17-9-10-18-41(40)47(51(44)50)32-15-7-4-8-16-32/h3-30H,1-2H3. The molecule has 0 spiro atoms. The van der Waals surface area contributed by atoms with Gasteiger partial charge in [0, 0.05) is 0 Å². The summed E-state index contributed by atoms with van der Waals surface area (Å²) in [6.07, 6.45) is 0. The van der Waals surface area contributed by atoms with Crippen LogP contribution in [0.1, 0.15) is 25.3 Å². The van der Waals surface area contributed by atoms with Crippen LogP contribution in [-0.2, 0) is 0 Å². The van der Waals surface area contributed by atoms with Gasteiger partial charge in [0.05, 0.1) is 0 Å². The van der Waals surface area contributed by atoms with Gasteiger partial charge in [0.2, 0.25) is 0 Å². The highest BCUT2D eigenvalue weighted by atomic mass is 14.3. The first-order valence-corrected chi connectivity index (χ1v) is 18.1. The van der Waals surface area contributed by atoms with E-state index >= 15 is 0 Å². The summed E-state index contributed by atoms with van der Waals surface area (Å²) in [6, 6.07) is 61.5. The highest BCUT2D eigenvalue weighted by molar-refractivity contribution is 6.29. The van der Waals surface area contributed by atoms with E-state index in [-0.39, 0.29) is 0 Å². The third-order valence-corrected chi connectivity index (χ3v) is 11.5. The molecule has 0 nitrogen and oxygen atoms in total. The van der Waals surface area contributed by atoms with Crippen molar-refractivity contribution in [2.24, 2.45) is 0 Å². The molecule has 51 heavy (non-hydrogen) atoms. The minimum Gasteiger partial charge on any atom is -0.0622 e. The van der Waals surface area contributed by atoms with Crippen LogP contribution in [0, 0.1) is 0 Å². The minimum atomic E-state index is 0.494. The molecule has 0 heteroatoms. The van der Waals surface area contributed by atoms with Crippen LogP contribution < -0.4 is 0 Å². The maximum absolute atomic E-state index is 2.42. The van der Waals surface area contributed by atoms with Crippen molar-refractivity contribution in [1.82, 2.24) is 0 Å². The summed E-state index contributed by atoms with van der Waals surface area (Å²) in [5.41, 5.74) is 19.8. The van der Waals surface area contributed by atoms with Crippen molar-refractivity contribution in [3.05, 3.63) is 169 Å². The maximum Gasteiger partial charge on any atom is -0.000741 e. The van der Waals surface area contributed by atoms with E-state index in [9.17, 15) is 0 Å². The van der Waals surface area contributed by atoms with Crippen molar-refractivity contribution in [1.29, 1.82) is 0 Å². The summed E-state index contributed by atoms with van der Waals surface area (Å²) >= 11 is 0. The first-order chi connectivity index (χ1) is 25.2. The zero-order chi connectivity index (χ0) is 33.8. The number of hydrogen-bond donors (Lipinski definition) is 0. The Morgan fingerprint density at radius 1 is 0.294 bits per heavy atom. The molecule has 0 saturated carbocycles. The third kappa shape index (κ3) is 3.91. The predicted molar refractivity (Wildman–Crippen MR) is 218 cm³/mol. The summed E-state index contributed by atoms with van der Waals surface area (Å²) in [5, 5.41) is 7.94. The average molecular weight is 647 g/mol. The molecule has 9 aromatic rings. The normalized spacial score (nSPS) is 12.3. The van der Waals surface area contributed by atoms with Crippen LogP contribution in [0.3, 0.4) is 0 Å². The van der Waals surface area contributed by atoms with Crippen LogP contribution in [0.25, 0.3) is 110 Å². The fourth-order valence-corrected chi connectivity index (χ4v) is 9.31. The van der Waals surface area contributed by atoms with Crippen molar-refractivity contribution in [3.63, 3.8) is 0 Å². The lowest BCUT2D eigenvalue weighted by molar-refractivity contribution is 0.867. The average Bonchev–Trinajstić information content (AvgIpc) is 3.69. The lowest BCUT2D eigenvalue weighted by Crippen LogP contribution is -1.93. The topological polar surface area (TPSA) is 0 Å². The van der Waals surface area contributed by atoms with Gasteiger partial charge in [-0.25, -0.2) is 0 Å². The number of hydrogen-bond acceptors (Lipinski definition) is 0. The molecule has 0 amide bonds. The van der Waals surface area contributed by atoms with Crippen LogP contribution in [0.2, 0.25) is 0 Å². The lowest BCUT2D eigenvalue weighted by Gasteiger charge is -2.20. The van der Waals surface area contributed by atoms with E-state index in [1.54, 1.807) is 0 Å². The fourth-order valence-electron chi connectivity index (χ4n) is 9.31. The molecule has 0 bridgehead atoms. The molecule has 2 aliphatic rings. The zero-order valence-electron chi connectivity index (χ0n) is 28.7. The van der Waals surface area contributed by atoms with Crippen molar-refractivity contribution in [3.8, 4) is 77.9 Å². The number of benzene rings is 9. The Bertz CT molecular complexity index is 2820. The Hall–Kier alpha value is -6.24. The van der Waals surface area contributed by atoms with E-state index in [0.717, 1.165) is 0 Å². The molecule has 0 atom stereocenters. The van der Waals surface area contributed by atoms with E-state index in [1.807, 2.05) is 0 Å². The Kier molecular flexibility index (Phi) is 5.96. The monoisotopic (exact) mass is 646 g/mol. The van der Waals surface area contributed by atoms with Gasteiger partial charge in [0.1, 0.15) is 0 Å². The molecule has 0 N–H and O–H groups in total. The van der Waals surface area contributed by atoms with E-state index in [0.29, 0.717) is 5.92 Å². The van der Waals surface area contributed by atoms with Gasteiger partial charge < -0.3 is 0 Å². The summed E-state index contributed by atoms with van der Waals surface area (Å²) in [5.74, 6) is 0.494. The SMILES string of the molecule is CC(C)c1ccc2c(c1)-c1ccc(-c3ccc4c5c(cccc35)-c3c-4c(-c4ccccc4)c4ccccc4c3-c3ccccc3)c3cccc-2c13. The lowest BCUT2D eigenvalue weighted by atomic mass is 9.82. The second-order valence-corrected chi connectivity index (χ2v) is 14.5.